The monoisotopic (exact) mass is 284 g/mol. The van der Waals surface area contributed by atoms with Gasteiger partial charge in [0.05, 0.1) is 24.0 Å². The molecular weight excluding hydrogens is 264 g/mol. The quantitative estimate of drug-likeness (QED) is 0.917. The standard InChI is InChI=1S/C16H20N4O/c1-4-14(12-8-6-5-7-9-12)15(21)19-13-10-17-16(18-11-13)20(2)3/h5-11,14H,4H2,1-3H3,(H,19,21). The van der Waals surface area contributed by atoms with E-state index in [0.29, 0.717) is 11.6 Å². The van der Waals surface area contributed by atoms with Crippen LogP contribution in [-0.2, 0) is 4.79 Å². The van der Waals surface area contributed by atoms with Crippen molar-refractivity contribution in [3.05, 3.63) is 48.3 Å². The van der Waals surface area contributed by atoms with Gasteiger partial charge in [-0.05, 0) is 12.0 Å². The zero-order valence-corrected chi connectivity index (χ0v) is 12.6. The SMILES string of the molecule is CCC(C(=O)Nc1cnc(N(C)C)nc1)c1ccccc1. The van der Waals surface area contributed by atoms with Crippen LogP contribution in [-0.4, -0.2) is 30.0 Å². The van der Waals surface area contributed by atoms with Crippen LogP contribution in [0.2, 0.25) is 0 Å². The van der Waals surface area contributed by atoms with Crippen molar-refractivity contribution >= 4 is 17.5 Å². The van der Waals surface area contributed by atoms with Gasteiger partial charge in [-0.15, -0.1) is 0 Å². The number of nitrogens with one attached hydrogen (secondary N) is 1. The van der Waals surface area contributed by atoms with Crippen LogP contribution in [0.25, 0.3) is 0 Å². The molecule has 0 aliphatic heterocycles. The summed E-state index contributed by atoms with van der Waals surface area (Å²) in [5.74, 6) is 0.410. The van der Waals surface area contributed by atoms with Gasteiger partial charge < -0.3 is 10.2 Å². The fraction of sp³-hybridized carbons (Fsp3) is 0.312. The molecule has 0 fully saturated rings. The minimum Gasteiger partial charge on any atom is -0.347 e. The largest absolute Gasteiger partial charge is 0.347 e. The van der Waals surface area contributed by atoms with E-state index < -0.39 is 0 Å². The van der Waals surface area contributed by atoms with Crippen molar-refractivity contribution < 1.29 is 4.79 Å². The van der Waals surface area contributed by atoms with Crippen LogP contribution in [0.15, 0.2) is 42.7 Å². The molecule has 0 saturated heterocycles. The maximum Gasteiger partial charge on any atom is 0.231 e. The summed E-state index contributed by atoms with van der Waals surface area (Å²) in [6, 6.07) is 9.78. The van der Waals surface area contributed by atoms with Crippen LogP contribution in [0.5, 0.6) is 0 Å². The van der Waals surface area contributed by atoms with E-state index in [4.69, 9.17) is 0 Å². The summed E-state index contributed by atoms with van der Waals surface area (Å²) in [4.78, 5) is 22.6. The number of carbonyl (C=O) groups excluding carboxylic acids is 1. The van der Waals surface area contributed by atoms with Gasteiger partial charge in [-0.2, -0.15) is 0 Å². The van der Waals surface area contributed by atoms with E-state index in [0.717, 1.165) is 12.0 Å². The lowest BCUT2D eigenvalue weighted by Gasteiger charge is -2.15. The molecule has 1 atom stereocenters. The molecule has 1 N–H and O–H groups in total. The number of benzene rings is 1. The average Bonchev–Trinajstić information content (AvgIpc) is 2.49. The number of amides is 1. The molecule has 0 saturated carbocycles. The molecule has 5 nitrogen and oxygen atoms in total. The van der Waals surface area contributed by atoms with Crippen LogP contribution < -0.4 is 10.2 Å². The van der Waals surface area contributed by atoms with E-state index in [1.54, 1.807) is 12.4 Å². The summed E-state index contributed by atoms with van der Waals surface area (Å²) in [5.41, 5.74) is 1.63. The number of hydrogen-bond donors (Lipinski definition) is 1. The lowest BCUT2D eigenvalue weighted by Crippen LogP contribution is -2.21. The third-order valence-corrected chi connectivity index (χ3v) is 3.23. The Kier molecular flexibility index (Phi) is 4.87. The highest BCUT2D eigenvalue weighted by atomic mass is 16.1. The molecule has 1 aromatic heterocycles. The fourth-order valence-corrected chi connectivity index (χ4v) is 2.10. The first-order chi connectivity index (χ1) is 10.1. The van der Waals surface area contributed by atoms with Crippen molar-refractivity contribution in [3.63, 3.8) is 0 Å². The minimum absolute atomic E-state index is 0.0371. The highest BCUT2D eigenvalue weighted by Crippen LogP contribution is 2.21. The molecule has 0 spiro atoms. The molecular formula is C16H20N4O. The number of aromatic nitrogens is 2. The number of nitrogens with zero attached hydrogens (tertiary/aromatic N) is 3. The molecule has 0 bridgehead atoms. The first kappa shape index (κ1) is 15.0. The molecule has 1 unspecified atom stereocenters. The first-order valence-electron chi connectivity index (χ1n) is 6.97. The molecule has 21 heavy (non-hydrogen) atoms. The molecule has 0 aliphatic rings. The molecule has 1 amide bonds. The molecule has 1 aromatic carbocycles. The molecule has 5 heteroatoms. The van der Waals surface area contributed by atoms with Gasteiger partial charge in [-0.1, -0.05) is 37.3 Å². The maximum atomic E-state index is 12.4. The predicted octanol–water partition coefficient (Wildman–Crippen LogP) is 2.67. The van der Waals surface area contributed by atoms with E-state index in [1.807, 2.05) is 56.3 Å². The number of hydrogen-bond acceptors (Lipinski definition) is 4. The highest BCUT2D eigenvalue weighted by Gasteiger charge is 2.18. The van der Waals surface area contributed by atoms with E-state index >= 15 is 0 Å². The Labute approximate surface area is 125 Å². The van der Waals surface area contributed by atoms with Crippen LogP contribution in [0.3, 0.4) is 0 Å². The molecule has 110 valence electrons. The second-order valence-electron chi connectivity index (χ2n) is 5.03. The third-order valence-electron chi connectivity index (χ3n) is 3.23. The van der Waals surface area contributed by atoms with E-state index in [9.17, 15) is 4.79 Å². The number of anilines is 2. The van der Waals surface area contributed by atoms with Gasteiger partial charge in [-0.25, -0.2) is 9.97 Å². The molecule has 2 aromatic rings. The Bertz CT molecular complexity index is 581. The summed E-state index contributed by atoms with van der Waals surface area (Å²) in [6.45, 7) is 2.00. The predicted molar refractivity (Wildman–Crippen MR) is 84.5 cm³/mol. The Morgan fingerprint density at radius 2 is 1.81 bits per heavy atom. The normalized spacial score (nSPS) is 11.8. The summed E-state index contributed by atoms with van der Waals surface area (Å²) in [6.07, 6.45) is 3.99. The topological polar surface area (TPSA) is 58.1 Å². The molecule has 0 aliphatic carbocycles. The van der Waals surface area contributed by atoms with Crippen molar-refractivity contribution in [1.82, 2.24) is 9.97 Å². The van der Waals surface area contributed by atoms with Crippen LogP contribution in [0, 0.1) is 0 Å². The van der Waals surface area contributed by atoms with Crippen molar-refractivity contribution in [1.29, 1.82) is 0 Å². The van der Waals surface area contributed by atoms with Gasteiger partial charge in [0, 0.05) is 14.1 Å². The van der Waals surface area contributed by atoms with Gasteiger partial charge in [0.1, 0.15) is 0 Å². The van der Waals surface area contributed by atoms with Gasteiger partial charge in [0.25, 0.3) is 0 Å². The molecule has 0 radical (unpaired) electrons. The van der Waals surface area contributed by atoms with E-state index in [-0.39, 0.29) is 11.8 Å². The lowest BCUT2D eigenvalue weighted by atomic mass is 9.95. The molecule has 1 heterocycles. The summed E-state index contributed by atoms with van der Waals surface area (Å²) in [5, 5.41) is 2.88. The van der Waals surface area contributed by atoms with E-state index in [2.05, 4.69) is 15.3 Å². The highest BCUT2D eigenvalue weighted by molar-refractivity contribution is 5.95. The van der Waals surface area contributed by atoms with E-state index in [1.165, 1.54) is 0 Å². The smallest absolute Gasteiger partial charge is 0.231 e. The van der Waals surface area contributed by atoms with Crippen molar-refractivity contribution in [3.8, 4) is 0 Å². The van der Waals surface area contributed by atoms with Gasteiger partial charge in [0.15, 0.2) is 0 Å². The first-order valence-corrected chi connectivity index (χ1v) is 6.97. The number of rotatable bonds is 5. The number of carbonyl (C=O) groups is 1. The summed E-state index contributed by atoms with van der Waals surface area (Å²) >= 11 is 0. The van der Waals surface area contributed by atoms with Crippen LogP contribution >= 0.6 is 0 Å². The van der Waals surface area contributed by atoms with Gasteiger partial charge in [-0.3, -0.25) is 4.79 Å². The zero-order valence-electron chi connectivity index (χ0n) is 12.6. The van der Waals surface area contributed by atoms with Crippen molar-refractivity contribution in [2.75, 3.05) is 24.3 Å². The summed E-state index contributed by atoms with van der Waals surface area (Å²) < 4.78 is 0. The molecule has 2 rings (SSSR count). The van der Waals surface area contributed by atoms with Gasteiger partial charge in [0.2, 0.25) is 11.9 Å². The van der Waals surface area contributed by atoms with Crippen molar-refractivity contribution in [2.24, 2.45) is 0 Å². The minimum atomic E-state index is -0.167. The van der Waals surface area contributed by atoms with Crippen LogP contribution in [0.4, 0.5) is 11.6 Å². The Morgan fingerprint density at radius 1 is 1.19 bits per heavy atom. The van der Waals surface area contributed by atoms with Crippen molar-refractivity contribution in [2.45, 2.75) is 19.3 Å². The second-order valence-corrected chi connectivity index (χ2v) is 5.03. The second kappa shape index (κ2) is 6.83. The Balaban J connectivity index is 2.09. The lowest BCUT2D eigenvalue weighted by molar-refractivity contribution is -0.117. The fourth-order valence-electron chi connectivity index (χ4n) is 2.10. The van der Waals surface area contributed by atoms with Gasteiger partial charge >= 0.3 is 0 Å². The summed E-state index contributed by atoms with van der Waals surface area (Å²) in [7, 11) is 3.74. The zero-order chi connectivity index (χ0) is 15.2. The maximum absolute atomic E-state index is 12.4. The van der Waals surface area contributed by atoms with Crippen LogP contribution in [0.1, 0.15) is 24.8 Å². The Morgan fingerprint density at radius 3 is 2.33 bits per heavy atom. The third kappa shape index (κ3) is 3.78. The Hall–Kier alpha value is -2.43. The average molecular weight is 284 g/mol.